The topological polar surface area (TPSA) is 64.4 Å². The van der Waals surface area contributed by atoms with E-state index < -0.39 is 0 Å². The molecular formula is C12H14N2O3. The Labute approximate surface area is 98.9 Å². The minimum Gasteiger partial charge on any atom is -0.379 e. The number of fused-ring (bicyclic) bond motifs is 2. The molecule has 0 spiro atoms. The molecule has 1 N–H and O–H groups in total. The predicted octanol–water partition coefficient (Wildman–Crippen LogP) is 2.33. The van der Waals surface area contributed by atoms with E-state index in [2.05, 4.69) is 5.32 Å². The van der Waals surface area contributed by atoms with E-state index >= 15 is 0 Å². The van der Waals surface area contributed by atoms with Gasteiger partial charge in [0.2, 0.25) is 0 Å². The first-order valence-corrected chi connectivity index (χ1v) is 5.89. The van der Waals surface area contributed by atoms with Gasteiger partial charge in [-0.15, -0.1) is 0 Å². The van der Waals surface area contributed by atoms with Crippen molar-refractivity contribution in [3.8, 4) is 0 Å². The summed E-state index contributed by atoms with van der Waals surface area (Å²) < 4.78 is 5.74. The molecule has 3 atom stereocenters. The lowest BCUT2D eigenvalue weighted by atomic mass is 9.95. The first-order valence-electron chi connectivity index (χ1n) is 5.89. The van der Waals surface area contributed by atoms with Crippen LogP contribution in [0, 0.1) is 10.1 Å². The second-order valence-electron chi connectivity index (χ2n) is 4.67. The number of anilines is 1. The van der Waals surface area contributed by atoms with Gasteiger partial charge in [-0.3, -0.25) is 10.1 Å². The highest BCUT2D eigenvalue weighted by Crippen LogP contribution is 2.36. The summed E-state index contributed by atoms with van der Waals surface area (Å²) in [5.74, 6) is 0. The molecule has 2 heterocycles. The van der Waals surface area contributed by atoms with Crippen LogP contribution in [-0.2, 0) is 4.74 Å². The van der Waals surface area contributed by atoms with Gasteiger partial charge in [-0.2, -0.15) is 0 Å². The maximum absolute atomic E-state index is 10.7. The van der Waals surface area contributed by atoms with Crippen LogP contribution in [0.25, 0.3) is 0 Å². The third-order valence-corrected chi connectivity index (χ3v) is 3.52. The summed E-state index contributed by atoms with van der Waals surface area (Å²) >= 11 is 0. The number of benzene rings is 1. The van der Waals surface area contributed by atoms with Gasteiger partial charge in [0.15, 0.2) is 0 Å². The second kappa shape index (κ2) is 4.00. The number of ether oxygens (including phenoxy) is 1. The Morgan fingerprint density at radius 2 is 2.29 bits per heavy atom. The maximum Gasteiger partial charge on any atom is 0.271 e. The van der Waals surface area contributed by atoms with E-state index in [1.54, 1.807) is 12.1 Å². The quantitative estimate of drug-likeness (QED) is 0.644. The summed E-state index contributed by atoms with van der Waals surface area (Å²) in [6.45, 7) is 0. The van der Waals surface area contributed by atoms with Gasteiger partial charge in [0, 0.05) is 17.8 Å². The van der Waals surface area contributed by atoms with Crippen molar-refractivity contribution in [2.24, 2.45) is 0 Å². The van der Waals surface area contributed by atoms with Crippen LogP contribution in [0.4, 0.5) is 11.4 Å². The Hall–Kier alpha value is -1.62. The zero-order valence-corrected chi connectivity index (χ0v) is 9.33. The van der Waals surface area contributed by atoms with Crippen LogP contribution < -0.4 is 5.32 Å². The molecule has 0 amide bonds. The van der Waals surface area contributed by atoms with Gasteiger partial charge in [-0.25, -0.2) is 0 Å². The molecule has 2 aliphatic heterocycles. The van der Waals surface area contributed by atoms with Crippen molar-refractivity contribution in [1.29, 1.82) is 0 Å². The highest BCUT2D eigenvalue weighted by Gasteiger charge is 2.40. The van der Waals surface area contributed by atoms with E-state index in [0.717, 1.165) is 24.9 Å². The molecule has 2 aliphatic rings. The molecule has 3 unspecified atom stereocenters. The molecule has 0 radical (unpaired) electrons. The molecule has 0 aliphatic carbocycles. The normalized spacial score (nSPS) is 30.5. The number of rotatable bonds is 3. The largest absolute Gasteiger partial charge is 0.379 e. The SMILES string of the molecule is O=[N+]([O-])c1cccc(NC2CC3CCC2O3)c1. The van der Waals surface area contributed by atoms with Crippen molar-refractivity contribution in [2.75, 3.05) is 5.32 Å². The van der Waals surface area contributed by atoms with Crippen molar-refractivity contribution < 1.29 is 9.66 Å². The Morgan fingerprint density at radius 3 is 2.94 bits per heavy atom. The Kier molecular flexibility index (Phi) is 2.48. The molecule has 5 nitrogen and oxygen atoms in total. The maximum atomic E-state index is 10.7. The number of nitro groups is 1. The fourth-order valence-electron chi connectivity index (χ4n) is 2.71. The Balaban J connectivity index is 1.73. The van der Waals surface area contributed by atoms with E-state index in [-0.39, 0.29) is 16.7 Å². The zero-order chi connectivity index (χ0) is 11.8. The lowest BCUT2D eigenvalue weighted by Crippen LogP contribution is -2.30. The first-order chi connectivity index (χ1) is 8.22. The molecule has 3 rings (SSSR count). The first kappa shape index (κ1) is 10.5. The van der Waals surface area contributed by atoms with Gasteiger partial charge >= 0.3 is 0 Å². The fourth-order valence-corrected chi connectivity index (χ4v) is 2.71. The molecule has 0 saturated carbocycles. The van der Waals surface area contributed by atoms with E-state index in [1.807, 2.05) is 6.07 Å². The van der Waals surface area contributed by atoms with Crippen molar-refractivity contribution >= 4 is 11.4 Å². The third kappa shape index (κ3) is 1.98. The molecule has 0 aromatic heterocycles. The van der Waals surface area contributed by atoms with Crippen molar-refractivity contribution in [3.63, 3.8) is 0 Å². The molecule has 5 heteroatoms. The van der Waals surface area contributed by atoms with Gasteiger partial charge in [0.1, 0.15) is 0 Å². The van der Waals surface area contributed by atoms with Crippen LogP contribution in [-0.4, -0.2) is 23.2 Å². The van der Waals surface area contributed by atoms with Gasteiger partial charge in [-0.05, 0) is 25.3 Å². The number of non-ortho nitro benzene ring substituents is 1. The highest BCUT2D eigenvalue weighted by atomic mass is 16.6. The van der Waals surface area contributed by atoms with Crippen LogP contribution in [0.3, 0.4) is 0 Å². The highest BCUT2D eigenvalue weighted by molar-refractivity contribution is 5.51. The lowest BCUT2D eigenvalue weighted by molar-refractivity contribution is -0.384. The van der Waals surface area contributed by atoms with Gasteiger partial charge < -0.3 is 10.1 Å². The molecule has 1 aromatic rings. The molecule has 2 bridgehead atoms. The summed E-state index contributed by atoms with van der Waals surface area (Å²) in [4.78, 5) is 10.3. The molecule has 2 saturated heterocycles. The van der Waals surface area contributed by atoms with Crippen molar-refractivity contribution in [3.05, 3.63) is 34.4 Å². The average Bonchev–Trinajstić information content (AvgIpc) is 2.91. The summed E-state index contributed by atoms with van der Waals surface area (Å²) in [7, 11) is 0. The number of nitrogens with one attached hydrogen (secondary N) is 1. The fraction of sp³-hybridized carbons (Fsp3) is 0.500. The Bertz CT molecular complexity index is 449. The molecule has 17 heavy (non-hydrogen) atoms. The molecular weight excluding hydrogens is 220 g/mol. The molecule has 2 fully saturated rings. The lowest BCUT2D eigenvalue weighted by Gasteiger charge is -2.21. The Morgan fingerprint density at radius 1 is 1.41 bits per heavy atom. The van der Waals surface area contributed by atoms with Crippen LogP contribution >= 0.6 is 0 Å². The smallest absolute Gasteiger partial charge is 0.271 e. The number of hydrogen-bond donors (Lipinski definition) is 1. The standard InChI is InChI=1S/C12H14N2O3/c15-14(16)9-3-1-2-8(6-9)13-11-7-10-4-5-12(11)17-10/h1-3,6,10-13H,4-5,7H2. The summed E-state index contributed by atoms with van der Waals surface area (Å²) in [5.41, 5.74) is 0.930. The number of nitrogens with zero attached hydrogens (tertiary/aromatic N) is 1. The molecule has 1 aromatic carbocycles. The van der Waals surface area contributed by atoms with Crippen LogP contribution in [0.15, 0.2) is 24.3 Å². The number of hydrogen-bond acceptors (Lipinski definition) is 4. The monoisotopic (exact) mass is 234 g/mol. The van der Waals surface area contributed by atoms with Crippen LogP contribution in [0.2, 0.25) is 0 Å². The van der Waals surface area contributed by atoms with Crippen LogP contribution in [0.1, 0.15) is 19.3 Å². The number of nitro benzene ring substituents is 1. The molecule has 90 valence electrons. The summed E-state index contributed by atoms with van der Waals surface area (Å²) in [6.07, 6.45) is 3.91. The van der Waals surface area contributed by atoms with E-state index in [1.165, 1.54) is 6.07 Å². The predicted molar refractivity (Wildman–Crippen MR) is 63.0 cm³/mol. The average molecular weight is 234 g/mol. The van der Waals surface area contributed by atoms with Gasteiger partial charge in [0.25, 0.3) is 5.69 Å². The summed E-state index contributed by atoms with van der Waals surface area (Å²) in [6, 6.07) is 6.94. The summed E-state index contributed by atoms with van der Waals surface area (Å²) in [5, 5.41) is 14.0. The van der Waals surface area contributed by atoms with Crippen molar-refractivity contribution in [2.45, 2.75) is 37.5 Å². The zero-order valence-electron chi connectivity index (χ0n) is 9.33. The van der Waals surface area contributed by atoms with Gasteiger partial charge in [-0.1, -0.05) is 6.07 Å². The van der Waals surface area contributed by atoms with Crippen LogP contribution in [0.5, 0.6) is 0 Å². The second-order valence-corrected chi connectivity index (χ2v) is 4.67. The van der Waals surface area contributed by atoms with E-state index in [0.29, 0.717) is 12.1 Å². The van der Waals surface area contributed by atoms with E-state index in [9.17, 15) is 10.1 Å². The van der Waals surface area contributed by atoms with Gasteiger partial charge in [0.05, 0.1) is 23.2 Å². The third-order valence-electron chi connectivity index (χ3n) is 3.52. The van der Waals surface area contributed by atoms with E-state index in [4.69, 9.17) is 4.74 Å². The minimum absolute atomic E-state index is 0.124. The van der Waals surface area contributed by atoms with Crippen molar-refractivity contribution in [1.82, 2.24) is 0 Å². The minimum atomic E-state index is -0.373.